The largest absolute Gasteiger partial charge is 0.490 e. The number of ether oxygens (including phenoxy) is 2. The van der Waals surface area contributed by atoms with Crippen molar-refractivity contribution in [2.45, 2.75) is 39.8 Å². The van der Waals surface area contributed by atoms with E-state index in [4.69, 9.17) is 21.1 Å². The van der Waals surface area contributed by atoms with Gasteiger partial charge in [-0.25, -0.2) is 4.39 Å². The summed E-state index contributed by atoms with van der Waals surface area (Å²) in [4.78, 5) is 14.8. The zero-order chi connectivity index (χ0) is 22.2. The van der Waals surface area contributed by atoms with Crippen molar-refractivity contribution in [3.05, 3.63) is 58.4 Å². The Balaban J connectivity index is 1.49. The fraction of sp³-hybridized carbons (Fsp3) is 0.458. The van der Waals surface area contributed by atoms with Gasteiger partial charge in [0.25, 0.3) is 0 Å². The highest BCUT2D eigenvalue weighted by atomic mass is 35.5. The molecule has 7 heteroatoms. The number of halogens is 2. The average Bonchev–Trinajstić information content (AvgIpc) is 2.77. The highest BCUT2D eigenvalue weighted by Crippen LogP contribution is 2.29. The summed E-state index contributed by atoms with van der Waals surface area (Å²) >= 11 is 6.14. The van der Waals surface area contributed by atoms with E-state index in [-0.39, 0.29) is 17.6 Å². The van der Waals surface area contributed by atoms with Crippen LogP contribution in [-0.4, -0.2) is 37.1 Å². The second-order valence-corrected chi connectivity index (χ2v) is 8.02. The lowest BCUT2D eigenvalue weighted by Gasteiger charge is -2.31. The van der Waals surface area contributed by atoms with Crippen molar-refractivity contribution in [1.29, 1.82) is 0 Å². The van der Waals surface area contributed by atoms with Gasteiger partial charge in [0.1, 0.15) is 5.82 Å². The molecule has 1 aliphatic rings. The highest BCUT2D eigenvalue weighted by molar-refractivity contribution is 6.31. The molecule has 1 heterocycles. The van der Waals surface area contributed by atoms with E-state index in [2.05, 4.69) is 10.2 Å². The average molecular weight is 449 g/mol. The second-order valence-electron chi connectivity index (χ2n) is 7.62. The van der Waals surface area contributed by atoms with Gasteiger partial charge < -0.3 is 14.8 Å². The van der Waals surface area contributed by atoms with Crippen LogP contribution in [0.25, 0.3) is 0 Å². The molecule has 0 radical (unpaired) electrons. The Bertz CT molecular complexity index is 865. The van der Waals surface area contributed by atoms with E-state index < -0.39 is 0 Å². The van der Waals surface area contributed by atoms with E-state index in [1.54, 1.807) is 12.1 Å². The molecule has 5 nitrogen and oxygen atoms in total. The van der Waals surface area contributed by atoms with Crippen LogP contribution in [0.5, 0.6) is 11.5 Å². The molecule has 1 fully saturated rings. The van der Waals surface area contributed by atoms with Gasteiger partial charge in [0.15, 0.2) is 11.5 Å². The maximum atomic E-state index is 14.0. The number of benzene rings is 2. The number of hydrogen-bond donors (Lipinski definition) is 1. The van der Waals surface area contributed by atoms with Crippen LogP contribution in [-0.2, 0) is 17.9 Å². The third-order valence-electron chi connectivity index (χ3n) is 5.48. The normalized spacial score (nSPS) is 15.0. The van der Waals surface area contributed by atoms with E-state index in [0.29, 0.717) is 48.4 Å². The van der Waals surface area contributed by atoms with E-state index in [0.717, 1.165) is 31.5 Å². The molecule has 0 bridgehead atoms. The Labute approximate surface area is 188 Å². The summed E-state index contributed by atoms with van der Waals surface area (Å²) in [5.74, 6) is 1.13. The number of nitrogens with one attached hydrogen (secondary N) is 1. The van der Waals surface area contributed by atoms with Crippen LogP contribution in [0, 0.1) is 11.7 Å². The maximum absolute atomic E-state index is 14.0. The molecule has 0 saturated carbocycles. The minimum absolute atomic E-state index is 0.0404. The standard InChI is InChI=1S/C24H30ClFN2O3/c1-3-30-22-9-8-17(14-23(22)31-4-2)15-27-24(29)18-10-12-28(13-11-18)16-19-20(25)6-5-7-21(19)26/h5-9,14,18H,3-4,10-13,15-16H2,1-2H3,(H,27,29). The van der Waals surface area contributed by atoms with Gasteiger partial charge in [0.2, 0.25) is 5.91 Å². The van der Waals surface area contributed by atoms with Crippen LogP contribution >= 0.6 is 11.6 Å². The van der Waals surface area contributed by atoms with Gasteiger partial charge in [0, 0.05) is 29.6 Å². The second kappa shape index (κ2) is 11.3. The molecule has 1 saturated heterocycles. The molecule has 1 aliphatic heterocycles. The summed E-state index contributed by atoms with van der Waals surface area (Å²) in [6.45, 7) is 7.35. The number of piperidine rings is 1. The smallest absolute Gasteiger partial charge is 0.223 e. The van der Waals surface area contributed by atoms with Crippen molar-refractivity contribution in [3.8, 4) is 11.5 Å². The van der Waals surface area contributed by atoms with Crippen molar-refractivity contribution < 1.29 is 18.7 Å². The van der Waals surface area contributed by atoms with Gasteiger partial charge in [0.05, 0.1) is 13.2 Å². The van der Waals surface area contributed by atoms with Gasteiger partial charge in [-0.3, -0.25) is 9.69 Å². The van der Waals surface area contributed by atoms with Gasteiger partial charge in [-0.05, 0) is 69.6 Å². The first-order valence-corrected chi connectivity index (χ1v) is 11.2. The number of likely N-dealkylation sites (tertiary alicyclic amines) is 1. The number of carbonyl (C=O) groups is 1. The Morgan fingerprint density at radius 2 is 1.84 bits per heavy atom. The molecule has 1 amide bonds. The van der Waals surface area contributed by atoms with Gasteiger partial charge >= 0.3 is 0 Å². The SMILES string of the molecule is CCOc1ccc(CNC(=O)C2CCN(Cc3c(F)cccc3Cl)CC2)cc1OCC. The lowest BCUT2D eigenvalue weighted by molar-refractivity contribution is -0.126. The number of rotatable bonds is 9. The van der Waals surface area contributed by atoms with Gasteiger partial charge in [-0.2, -0.15) is 0 Å². The molecule has 0 aliphatic carbocycles. The minimum Gasteiger partial charge on any atom is -0.490 e. The van der Waals surface area contributed by atoms with Crippen molar-refractivity contribution in [2.24, 2.45) is 5.92 Å². The number of hydrogen-bond acceptors (Lipinski definition) is 4. The van der Waals surface area contributed by atoms with E-state index in [9.17, 15) is 9.18 Å². The fourth-order valence-corrected chi connectivity index (χ4v) is 4.02. The summed E-state index contributed by atoms with van der Waals surface area (Å²) in [6, 6.07) is 10.5. The van der Waals surface area contributed by atoms with Crippen LogP contribution < -0.4 is 14.8 Å². The zero-order valence-electron chi connectivity index (χ0n) is 18.1. The Hall–Kier alpha value is -2.31. The number of carbonyl (C=O) groups excluding carboxylic acids is 1. The van der Waals surface area contributed by atoms with Crippen molar-refractivity contribution >= 4 is 17.5 Å². The summed E-state index contributed by atoms with van der Waals surface area (Å²) in [5.41, 5.74) is 1.49. The first kappa shape index (κ1) is 23.4. The Morgan fingerprint density at radius 1 is 1.13 bits per heavy atom. The van der Waals surface area contributed by atoms with Crippen molar-refractivity contribution in [3.63, 3.8) is 0 Å². The molecule has 0 atom stereocenters. The van der Waals surface area contributed by atoms with E-state index >= 15 is 0 Å². The summed E-state index contributed by atoms with van der Waals surface area (Å²) in [5, 5.41) is 3.48. The molecule has 0 aromatic heterocycles. The van der Waals surface area contributed by atoms with Crippen LogP contribution in [0.3, 0.4) is 0 Å². The fourth-order valence-electron chi connectivity index (χ4n) is 3.80. The third-order valence-corrected chi connectivity index (χ3v) is 5.83. The molecular weight excluding hydrogens is 419 g/mol. The highest BCUT2D eigenvalue weighted by Gasteiger charge is 2.25. The maximum Gasteiger partial charge on any atom is 0.223 e. The molecule has 168 valence electrons. The van der Waals surface area contributed by atoms with Crippen LogP contribution in [0.4, 0.5) is 4.39 Å². The monoisotopic (exact) mass is 448 g/mol. The quantitative estimate of drug-likeness (QED) is 0.598. The summed E-state index contributed by atoms with van der Waals surface area (Å²) < 4.78 is 25.3. The topological polar surface area (TPSA) is 50.8 Å². The van der Waals surface area contributed by atoms with E-state index in [1.807, 2.05) is 32.0 Å². The summed E-state index contributed by atoms with van der Waals surface area (Å²) in [7, 11) is 0. The molecular formula is C24H30ClFN2O3. The predicted octanol–water partition coefficient (Wildman–Crippen LogP) is 4.80. The molecule has 31 heavy (non-hydrogen) atoms. The van der Waals surface area contributed by atoms with Gasteiger partial charge in [-0.1, -0.05) is 23.7 Å². The molecule has 3 rings (SSSR count). The van der Waals surface area contributed by atoms with Crippen molar-refractivity contribution in [1.82, 2.24) is 10.2 Å². The lowest BCUT2D eigenvalue weighted by atomic mass is 9.95. The molecule has 0 unspecified atom stereocenters. The van der Waals surface area contributed by atoms with E-state index in [1.165, 1.54) is 6.07 Å². The van der Waals surface area contributed by atoms with Crippen LogP contribution in [0.1, 0.15) is 37.8 Å². The summed E-state index contributed by atoms with van der Waals surface area (Å²) in [6.07, 6.45) is 1.48. The molecule has 2 aromatic carbocycles. The molecule has 2 aromatic rings. The van der Waals surface area contributed by atoms with Crippen LogP contribution in [0.15, 0.2) is 36.4 Å². The number of amides is 1. The Kier molecular flexibility index (Phi) is 8.55. The van der Waals surface area contributed by atoms with Crippen molar-refractivity contribution in [2.75, 3.05) is 26.3 Å². The first-order chi connectivity index (χ1) is 15.0. The lowest BCUT2D eigenvalue weighted by Crippen LogP contribution is -2.40. The zero-order valence-corrected chi connectivity index (χ0v) is 18.9. The third kappa shape index (κ3) is 6.34. The number of nitrogens with zero attached hydrogens (tertiary/aromatic N) is 1. The van der Waals surface area contributed by atoms with Crippen LogP contribution in [0.2, 0.25) is 5.02 Å². The molecule has 1 N–H and O–H groups in total. The minimum atomic E-state index is -0.283. The predicted molar refractivity (Wildman–Crippen MR) is 120 cm³/mol. The Morgan fingerprint density at radius 3 is 2.52 bits per heavy atom. The first-order valence-electron chi connectivity index (χ1n) is 10.8. The molecule has 0 spiro atoms. The van der Waals surface area contributed by atoms with Gasteiger partial charge in [-0.15, -0.1) is 0 Å².